The van der Waals surface area contributed by atoms with Gasteiger partial charge in [0.2, 0.25) is 5.91 Å². The second-order valence-electron chi connectivity index (χ2n) is 4.69. The summed E-state index contributed by atoms with van der Waals surface area (Å²) in [5.41, 5.74) is 0.976. The highest BCUT2D eigenvalue weighted by Gasteiger charge is 2.29. The molecule has 2 rings (SSSR count). The lowest BCUT2D eigenvalue weighted by atomic mass is 10.1. The second-order valence-corrected chi connectivity index (χ2v) is 5.86. The van der Waals surface area contributed by atoms with E-state index in [9.17, 15) is 4.79 Å². The van der Waals surface area contributed by atoms with Crippen LogP contribution in [0.4, 0.5) is 0 Å². The number of rotatable bonds is 6. The van der Waals surface area contributed by atoms with E-state index in [0.29, 0.717) is 17.8 Å². The van der Waals surface area contributed by atoms with Crippen LogP contribution in [0.3, 0.4) is 0 Å². The average molecular weight is 312 g/mol. The van der Waals surface area contributed by atoms with Gasteiger partial charge in [0, 0.05) is 11.4 Å². The van der Waals surface area contributed by atoms with Crippen molar-refractivity contribution in [3.63, 3.8) is 0 Å². The zero-order valence-corrected chi connectivity index (χ0v) is 12.1. The molecule has 1 atom stereocenters. The third-order valence-corrected chi connectivity index (χ3v) is 4.20. The van der Waals surface area contributed by atoms with E-state index in [1.807, 2.05) is 24.3 Å². The Morgan fingerprint density at radius 1 is 1.56 bits per heavy atom. The van der Waals surface area contributed by atoms with Crippen molar-refractivity contribution < 1.29 is 9.53 Å². The van der Waals surface area contributed by atoms with Crippen LogP contribution in [-0.4, -0.2) is 24.4 Å². The van der Waals surface area contributed by atoms with Crippen LogP contribution >= 0.6 is 15.9 Å². The van der Waals surface area contributed by atoms with Crippen molar-refractivity contribution in [3.8, 4) is 5.75 Å². The third kappa shape index (κ3) is 4.02. The van der Waals surface area contributed by atoms with Gasteiger partial charge in [-0.1, -0.05) is 28.1 Å². The summed E-state index contributed by atoms with van der Waals surface area (Å²) in [6.45, 7) is 0.716. The fraction of sp³-hybridized carbons (Fsp3) is 0.500. The molecule has 0 aliphatic heterocycles. The molecule has 0 bridgehead atoms. The van der Waals surface area contributed by atoms with Gasteiger partial charge < -0.3 is 10.1 Å². The van der Waals surface area contributed by atoms with Gasteiger partial charge in [0.05, 0.1) is 13.5 Å². The number of hydrogen-bond acceptors (Lipinski definition) is 2. The Hall–Kier alpha value is -1.03. The number of hydrogen-bond donors (Lipinski definition) is 1. The first-order valence-electron chi connectivity index (χ1n) is 6.22. The molecular formula is C14H18BrNO2. The Morgan fingerprint density at radius 2 is 2.33 bits per heavy atom. The maximum Gasteiger partial charge on any atom is 0.224 e. The molecule has 0 saturated heterocycles. The lowest BCUT2D eigenvalue weighted by Crippen LogP contribution is -2.31. The van der Waals surface area contributed by atoms with Crippen molar-refractivity contribution in [2.24, 2.45) is 5.92 Å². The molecule has 1 fully saturated rings. The number of halogens is 1. The van der Waals surface area contributed by atoms with Crippen molar-refractivity contribution in [3.05, 3.63) is 29.8 Å². The van der Waals surface area contributed by atoms with E-state index in [1.54, 1.807) is 7.11 Å². The van der Waals surface area contributed by atoms with Crippen LogP contribution in [0.25, 0.3) is 0 Å². The molecule has 1 N–H and O–H groups in total. The molecule has 0 heterocycles. The summed E-state index contributed by atoms with van der Waals surface area (Å²) in [7, 11) is 1.63. The van der Waals surface area contributed by atoms with Crippen molar-refractivity contribution in [1.29, 1.82) is 0 Å². The third-order valence-electron chi connectivity index (χ3n) is 3.13. The molecule has 0 radical (unpaired) electrons. The quantitative estimate of drug-likeness (QED) is 0.820. The highest BCUT2D eigenvalue weighted by Crippen LogP contribution is 2.36. The summed E-state index contributed by atoms with van der Waals surface area (Å²) in [5, 5.41) is 2.96. The van der Waals surface area contributed by atoms with Crippen LogP contribution in [0.15, 0.2) is 24.3 Å². The highest BCUT2D eigenvalue weighted by molar-refractivity contribution is 9.09. The van der Waals surface area contributed by atoms with Crippen LogP contribution in [0, 0.1) is 5.92 Å². The Labute approximate surface area is 116 Å². The van der Waals surface area contributed by atoms with Crippen molar-refractivity contribution in [2.75, 3.05) is 13.7 Å². The van der Waals surface area contributed by atoms with Crippen LogP contribution < -0.4 is 10.1 Å². The number of carbonyl (C=O) groups excluding carboxylic acids is 1. The summed E-state index contributed by atoms with van der Waals surface area (Å²) in [5.74, 6) is 1.60. The smallest absolute Gasteiger partial charge is 0.224 e. The van der Waals surface area contributed by atoms with Gasteiger partial charge in [-0.05, 0) is 36.5 Å². The fourth-order valence-corrected chi connectivity index (χ4v) is 2.56. The molecule has 1 aliphatic rings. The van der Waals surface area contributed by atoms with Gasteiger partial charge in [-0.3, -0.25) is 4.79 Å². The SMILES string of the molecule is COc1cccc(CC(=O)NCC(Br)C2CC2)c1. The van der Waals surface area contributed by atoms with E-state index < -0.39 is 0 Å². The molecule has 1 unspecified atom stereocenters. The van der Waals surface area contributed by atoms with E-state index in [0.717, 1.165) is 17.2 Å². The molecule has 98 valence electrons. The van der Waals surface area contributed by atoms with Crippen molar-refractivity contribution in [1.82, 2.24) is 5.32 Å². The van der Waals surface area contributed by atoms with E-state index in [4.69, 9.17) is 4.74 Å². The number of carbonyl (C=O) groups is 1. The van der Waals surface area contributed by atoms with Crippen molar-refractivity contribution >= 4 is 21.8 Å². The van der Waals surface area contributed by atoms with Gasteiger partial charge in [-0.2, -0.15) is 0 Å². The number of methoxy groups -OCH3 is 1. The number of alkyl halides is 1. The Balaban J connectivity index is 1.78. The van der Waals surface area contributed by atoms with Gasteiger partial charge >= 0.3 is 0 Å². The fourth-order valence-electron chi connectivity index (χ4n) is 1.87. The molecule has 4 heteroatoms. The molecule has 3 nitrogen and oxygen atoms in total. The maximum atomic E-state index is 11.8. The minimum absolute atomic E-state index is 0.0633. The molecule has 1 aromatic rings. The second kappa shape index (κ2) is 6.23. The van der Waals surface area contributed by atoms with Crippen LogP contribution in [0.2, 0.25) is 0 Å². The summed E-state index contributed by atoms with van der Waals surface area (Å²) >= 11 is 3.61. The molecule has 0 spiro atoms. The minimum Gasteiger partial charge on any atom is -0.497 e. The lowest BCUT2D eigenvalue weighted by Gasteiger charge is -2.10. The monoisotopic (exact) mass is 311 g/mol. The highest BCUT2D eigenvalue weighted by atomic mass is 79.9. The number of ether oxygens (including phenoxy) is 1. The molecule has 1 saturated carbocycles. The molecule has 1 aliphatic carbocycles. The molecule has 1 amide bonds. The summed E-state index contributed by atoms with van der Waals surface area (Å²) in [6.07, 6.45) is 2.96. The van der Waals surface area contributed by atoms with Crippen LogP contribution in [-0.2, 0) is 11.2 Å². The normalized spacial score (nSPS) is 16.1. The number of amides is 1. The Morgan fingerprint density at radius 3 is 3.00 bits per heavy atom. The number of nitrogens with one attached hydrogen (secondary N) is 1. The Kier molecular flexibility index (Phi) is 4.64. The largest absolute Gasteiger partial charge is 0.497 e. The summed E-state index contributed by atoms with van der Waals surface area (Å²) < 4.78 is 5.14. The summed E-state index contributed by atoms with van der Waals surface area (Å²) in [4.78, 5) is 12.2. The standard InChI is InChI=1S/C14H18BrNO2/c1-18-12-4-2-3-10(7-12)8-14(17)16-9-13(15)11-5-6-11/h2-4,7,11,13H,5-6,8-9H2,1H3,(H,16,17). The zero-order valence-electron chi connectivity index (χ0n) is 10.5. The Bertz CT molecular complexity index is 418. The van der Waals surface area contributed by atoms with Gasteiger partial charge in [0.1, 0.15) is 5.75 Å². The van der Waals surface area contributed by atoms with Gasteiger partial charge in [-0.15, -0.1) is 0 Å². The first-order chi connectivity index (χ1) is 8.69. The molecule has 0 aromatic heterocycles. The topological polar surface area (TPSA) is 38.3 Å². The maximum absolute atomic E-state index is 11.8. The van der Waals surface area contributed by atoms with Crippen LogP contribution in [0.1, 0.15) is 18.4 Å². The first-order valence-corrected chi connectivity index (χ1v) is 7.14. The number of benzene rings is 1. The lowest BCUT2D eigenvalue weighted by molar-refractivity contribution is -0.120. The summed E-state index contributed by atoms with van der Waals surface area (Å²) in [6, 6.07) is 7.61. The molecular weight excluding hydrogens is 294 g/mol. The van der Waals surface area contributed by atoms with E-state index >= 15 is 0 Å². The molecule has 1 aromatic carbocycles. The average Bonchev–Trinajstić information content (AvgIpc) is 3.20. The predicted molar refractivity (Wildman–Crippen MR) is 75.1 cm³/mol. The van der Waals surface area contributed by atoms with Gasteiger partial charge in [0.25, 0.3) is 0 Å². The van der Waals surface area contributed by atoms with Crippen molar-refractivity contribution in [2.45, 2.75) is 24.1 Å². The minimum atomic E-state index is 0.0633. The first kappa shape index (κ1) is 13.4. The van der Waals surface area contributed by atoms with E-state index in [1.165, 1.54) is 12.8 Å². The van der Waals surface area contributed by atoms with E-state index in [2.05, 4.69) is 21.2 Å². The van der Waals surface area contributed by atoms with Gasteiger partial charge in [-0.25, -0.2) is 0 Å². The zero-order chi connectivity index (χ0) is 13.0. The van der Waals surface area contributed by atoms with Crippen LogP contribution in [0.5, 0.6) is 5.75 Å². The predicted octanol–water partition coefficient (Wildman–Crippen LogP) is 2.53. The van der Waals surface area contributed by atoms with E-state index in [-0.39, 0.29) is 5.91 Å². The van der Waals surface area contributed by atoms with Gasteiger partial charge in [0.15, 0.2) is 0 Å². The molecule has 18 heavy (non-hydrogen) atoms.